The average molecular weight is 431 g/mol. The van der Waals surface area contributed by atoms with Gasteiger partial charge in [-0.05, 0) is 38.5 Å². The van der Waals surface area contributed by atoms with E-state index in [1.54, 1.807) is 0 Å². The Kier molecular flexibility index (Phi) is 22.5. The quantitative estimate of drug-likeness (QED) is 0.0998. The Morgan fingerprint density at radius 2 is 1.03 bits per heavy atom. The summed E-state index contributed by atoms with van der Waals surface area (Å²) in [4.78, 5) is 9.86. The topological polar surface area (TPSA) is 46.5 Å². The van der Waals surface area contributed by atoms with Gasteiger partial charge >= 0.3 is 7.60 Å². The summed E-state index contributed by atoms with van der Waals surface area (Å²) in [6.45, 7) is 4.89. The molecule has 1 N–H and O–H groups in total. The SMILES string of the molecule is CCCCCCCC/C=C\CCCCCCCCP(=O)(O)OCCCCCCC. The van der Waals surface area contributed by atoms with Gasteiger partial charge in [0.1, 0.15) is 0 Å². The van der Waals surface area contributed by atoms with Crippen molar-refractivity contribution in [2.75, 3.05) is 12.8 Å². The Morgan fingerprint density at radius 3 is 1.55 bits per heavy atom. The fourth-order valence-corrected chi connectivity index (χ4v) is 4.70. The van der Waals surface area contributed by atoms with Gasteiger partial charge in [-0.25, -0.2) is 0 Å². The zero-order valence-corrected chi connectivity index (χ0v) is 20.6. The van der Waals surface area contributed by atoms with Gasteiger partial charge in [0.05, 0.1) is 6.61 Å². The van der Waals surface area contributed by atoms with E-state index in [4.69, 9.17) is 4.52 Å². The molecule has 0 radical (unpaired) electrons. The van der Waals surface area contributed by atoms with Crippen LogP contribution in [0.15, 0.2) is 12.2 Å². The van der Waals surface area contributed by atoms with Crippen LogP contribution in [0, 0.1) is 0 Å². The first-order chi connectivity index (χ1) is 14.1. The normalized spacial score (nSPS) is 13.9. The molecule has 0 saturated carbocycles. The molecule has 1 unspecified atom stereocenters. The molecule has 0 saturated heterocycles. The van der Waals surface area contributed by atoms with E-state index in [0.29, 0.717) is 12.8 Å². The van der Waals surface area contributed by atoms with E-state index in [1.807, 2.05) is 0 Å². The van der Waals surface area contributed by atoms with E-state index >= 15 is 0 Å². The standard InChI is InChI=1S/C25H51O3P/c1-3-5-7-9-10-11-12-13-14-15-16-17-18-19-21-23-25-29(26,27)28-24-22-20-8-6-4-2/h13-14H,3-12,15-25H2,1-2H3,(H,26,27)/b14-13-. The molecule has 0 aromatic rings. The molecule has 0 amide bonds. The predicted octanol–water partition coefficient (Wildman–Crippen LogP) is 9.20. The average Bonchev–Trinajstić information content (AvgIpc) is 2.70. The Bertz CT molecular complexity index is 396. The van der Waals surface area contributed by atoms with Crippen molar-refractivity contribution in [1.29, 1.82) is 0 Å². The molecule has 0 bridgehead atoms. The molecule has 0 aliphatic carbocycles. The lowest BCUT2D eigenvalue weighted by Gasteiger charge is -2.12. The van der Waals surface area contributed by atoms with Crippen LogP contribution >= 0.6 is 7.60 Å². The highest BCUT2D eigenvalue weighted by Crippen LogP contribution is 2.43. The summed E-state index contributed by atoms with van der Waals surface area (Å²) in [6, 6.07) is 0. The molecule has 4 heteroatoms. The summed E-state index contributed by atoms with van der Waals surface area (Å²) in [7, 11) is -3.35. The smallest absolute Gasteiger partial charge is 0.324 e. The fourth-order valence-electron chi connectivity index (χ4n) is 3.54. The molecule has 1 atom stereocenters. The molecule has 0 rings (SSSR count). The third kappa shape index (κ3) is 24.0. The maximum atomic E-state index is 12.0. The first kappa shape index (κ1) is 28.9. The Balaban J connectivity index is 3.33. The zero-order valence-electron chi connectivity index (χ0n) is 19.7. The van der Waals surface area contributed by atoms with Crippen LogP contribution in [0.1, 0.15) is 136 Å². The molecule has 0 spiro atoms. The molecule has 29 heavy (non-hydrogen) atoms. The predicted molar refractivity (Wildman–Crippen MR) is 129 cm³/mol. The monoisotopic (exact) mass is 430 g/mol. The highest BCUT2D eigenvalue weighted by molar-refractivity contribution is 7.52. The van der Waals surface area contributed by atoms with Crippen molar-refractivity contribution in [2.24, 2.45) is 0 Å². The summed E-state index contributed by atoms with van der Waals surface area (Å²) in [6.07, 6.45) is 28.2. The molecule has 0 aromatic heterocycles. The number of rotatable bonds is 23. The molecular weight excluding hydrogens is 379 g/mol. The van der Waals surface area contributed by atoms with Crippen LogP contribution in [0.3, 0.4) is 0 Å². The van der Waals surface area contributed by atoms with E-state index in [0.717, 1.165) is 25.7 Å². The van der Waals surface area contributed by atoms with E-state index in [9.17, 15) is 9.46 Å². The van der Waals surface area contributed by atoms with Crippen molar-refractivity contribution in [3.05, 3.63) is 12.2 Å². The van der Waals surface area contributed by atoms with Gasteiger partial charge in [0, 0.05) is 6.16 Å². The second-order valence-corrected chi connectivity index (χ2v) is 10.5. The van der Waals surface area contributed by atoms with E-state index in [-0.39, 0.29) is 0 Å². The highest BCUT2D eigenvalue weighted by Gasteiger charge is 2.17. The molecule has 0 aliphatic heterocycles. The summed E-state index contributed by atoms with van der Waals surface area (Å²) < 4.78 is 17.2. The van der Waals surface area contributed by atoms with Crippen LogP contribution in [-0.4, -0.2) is 17.7 Å². The first-order valence-electron chi connectivity index (χ1n) is 12.7. The first-order valence-corrected chi connectivity index (χ1v) is 14.5. The molecule has 3 nitrogen and oxygen atoms in total. The summed E-state index contributed by atoms with van der Waals surface area (Å²) in [5.41, 5.74) is 0. The number of hydrogen-bond donors (Lipinski definition) is 1. The molecule has 0 fully saturated rings. The van der Waals surface area contributed by atoms with Crippen molar-refractivity contribution >= 4 is 7.60 Å². The third-order valence-electron chi connectivity index (χ3n) is 5.49. The van der Waals surface area contributed by atoms with Crippen molar-refractivity contribution in [3.63, 3.8) is 0 Å². The second-order valence-electron chi connectivity index (χ2n) is 8.55. The van der Waals surface area contributed by atoms with Crippen molar-refractivity contribution < 1.29 is 14.0 Å². The van der Waals surface area contributed by atoms with Crippen LogP contribution < -0.4 is 0 Å². The Labute approximate surface area is 182 Å². The van der Waals surface area contributed by atoms with Crippen molar-refractivity contribution in [3.8, 4) is 0 Å². The van der Waals surface area contributed by atoms with Gasteiger partial charge in [0.25, 0.3) is 0 Å². The lowest BCUT2D eigenvalue weighted by Crippen LogP contribution is -1.97. The van der Waals surface area contributed by atoms with Gasteiger partial charge < -0.3 is 9.42 Å². The van der Waals surface area contributed by atoms with Crippen LogP contribution in [0.5, 0.6) is 0 Å². The van der Waals surface area contributed by atoms with Gasteiger partial charge in [-0.2, -0.15) is 0 Å². The van der Waals surface area contributed by atoms with E-state index < -0.39 is 7.60 Å². The summed E-state index contributed by atoms with van der Waals surface area (Å²) >= 11 is 0. The minimum Gasteiger partial charge on any atom is -0.324 e. The number of unbranched alkanes of at least 4 members (excludes halogenated alkanes) is 16. The lowest BCUT2D eigenvalue weighted by molar-refractivity contribution is 0.252. The molecular formula is C25H51O3P. The molecule has 174 valence electrons. The van der Waals surface area contributed by atoms with Crippen LogP contribution in [0.25, 0.3) is 0 Å². The Morgan fingerprint density at radius 1 is 0.621 bits per heavy atom. The van der Waals surface area contributed by atoms with Gasteiger partial charge in [0.2, 0.25) is 0 Å². The van der Waals surface area contributed by atoms with Crippen LogP contribution in [0.2, 0.25) is 0 Å². The van der Waals surface area contributed by atoms with Crippen LogP contribution in [-0.2, 0) is 9.09 Å². The summed E-state index contributed by atoms with van der Waals surface area (Å²) in [5.74, 6) is 0. The third-order valence-corrected chi connectivity index (χ3v) is 6.96. The molecule has 0 aromatic carbocycles. The fraction of sp³-hybridized carbons (Fsp3) is 0.920. The van der Waals surface area contributed by atoms with E-state index in [2.05, 4.69) is 26.0 Å². The van der Waals surface area contributed by atoms with Crippen molar-refractivity contribution in [1.82, 2.24) is 0 Å². The van der Waals surface area contributed by atoms with Gasteiger partial charge in [-0.1, -0.05) is 109 Å². The zero-order chi connectivity index (χ0) is 21.5. The lowest BCUT2D eigenvalue weighted by atomic mass is 10.1. The number of allylic oxidation sites excluding steroid dienone is 2. The van der Waals surface area contributed by atoms with Crippen molar-refractivity contribution in [2.45, 2.75) is 136 Å². The highest BCUT2D eigenvalue weighted by atomic mass is 31.2. The minimum atomic E-state index is -3.35. The molecule has 0 heterocycles. The summed E-state index contributed by atoms with van der Waals surface area (Å²) in [5, 5.41) is 0. The van der Waals surface area contributed by atoms with Gasteiger partial charge in [0.15, 0.2) is 0 Å². The Hall–Kier alpha value is -0.110. The number of hydrogen-bond acceptors (Lipinski definition) is 2. The van der Waals surface area contributed by atoms with E-state index in [1.165, 1.54) is 96.3 Å². The second kappa shape index (κ2) is 22.6. The van der Waals surface area contributed by atoms with Crippen LogP contribution in [0.4, 0.5) is 0 Å². The maximum absolute atomic E-state index is 12.0. The maximum Gasteiger partial charge on any atom is 0.328 e. The molecule has 0 aliphatic rings. The largest absolute Gasteiger partial charge is 0.328 e. The van der Waals surface area contributed by atoms with Gasteiger partial charge in [-0.3, -0.25) is 4.57 Å². The minimum absolute atomic E-state index is 0.323. The van der Waals surface area contributed by atoms with Gasteiger partial charge in [-0.15, -0.1) is 0 Å².